The van der Waals surface area contributed by atoms with E-state index in [1.807, 2.05) is 0 Å². The SMILES string of the molecule is CCN(CC)S(=O)(=O)c1ccc(NC(=O)CNc2ccc(OC)c(Cl)c2)cc1. The number of nitrogens with one attached hydrogen (secondary N) is 2. The molecule has 0 fully saturated rings. The van der Waals surface area contributed by atoms with E-state index in [-0.39, 0.29) is 17.3 Å². The van der Waals surface area contributed by atoms with Crippen molar-refractivity contribution in [1.82, 2.24) is 4.31 Å². The van der Waals surface area contributed by atoms with Crippen LogP contribution in [0.1, 0.15) is 13.8 Å². The molecule has 0 radical (unpaired) electrons. The minimum absolute atomic E-state index is 0.0299. The first-order valence-corrected chi connectivity index (χ1v) is 10.6. The summed E-state index contributed by atoms with van der Waals surface area (Å²) in [6.07, 6.45) is 0. The number of amides is 1. The minimum Gasteiger partial charge on any atom is -0.495 e. The van der Waals surface area contributed by atoms with Crippen LogP contribution in [0.4, 0.5) is 11.4 Å². The summed E-state index contributed by atoms with van der Waals surface area (Å²) < 4.78 is 31.4. The summed E-state index contributed by atoms with van der Waals surface area (Å²) in [4.78, 5) is 12.3. The van der Waals surface area contributed by atoms with E-state index >= 15 is 0 Å². The molecule has 7 nitrogen and oxygen atoms in total. The van der Waals surface area contributed by atoms with Crippen molar-refractivity contribution in [3.8, 4) is 5.75 Å². The standard InChI is InChI=1S/C19H24ClN3O4S/c1-4-23(5-2)28(25,26)16-9-6-14(7-10-16)22-19(24)13-21-15-8-11-18(27-3)17(20)12-15/h6-12,21H,4-5,13H2,1-3H3,(H,22,24). The number of anilines is 2. The summed E-state index contributed by atoms with van der Waals surface area (Å²) in [7, 11) is -1.99. The van der Waals surface area contributed by atoms with E-state index in [1.54, 1.807) is 44.2 Å². The Morgan fingerprint density at radius 1 is 1.07 bits per heavy atom. The molecule has 0 aliphatic heterocycles. The smallest absolute Gasteiger partial charge is 0.243 e. The van der Waals surface area contributed by atoms with Crippen molar-refractivity contribution in [3.63, 3.8) is 0 Å². The topological polar surface area (TPSA) is 87.7 Å². The van der Waals surface area contributed by atoms with Gasteiger partial charge in [0, 0.05) is 24.5 Å². The van der Waals surface area contributed by atoms with Gasteiger partial charge >= 0.3 is 0 Å². The van der Waals surface area contributed by atoms with Gasteiger partial charge < -0.3 is 15.4 Å². The quantitative estimate of drug-likeness (QED) is 0.642. The van der Waals surface area contributed by atoms with E-state index in [9.17, 15) is 13.2 Å². The van der Waals surface area contributed by atoms with Gasteiger partial charge in [-0.1, -0.05) is 25.4 Å². The van der Waals surface area contributed by atoms with Gasteiger partial charge in [0.25, 0.3) is 0 Å². The Kier molecular flexibility index (Phi) is 7.68. The number of rotatable bonds is 9. The zero-order valence-electron chi connectivity index (χ0n) is 16.0. The van der Waals surface area contributed by atoms with E-state index in [2.05, 4.69) is 10.6 Å². The summed E-state index contributed by atoms with van der Waals surface area (Å²) in [5.41, 5.74) is 1.19. The van der Waals surface area contributed by atoms with Crippen LogP contribution >= 0.6 is 11.6 Å². The van der Waals surface area contributed by atoms with Crippen LogP contribution in [0.3, 0.4) is 0 Å². The van der Waals surface area contributed by atoms with Crippen molar-refractivity contribution in [2.24, 2.45) is 0 Å². The van der Waals surface area contributed by atoms with Gasteiger partial charge in [-0.05, 0) is 42.5 Å². The van der Waals surface area contributed by atoms with Crippen molar-refractivity contribution in [2.75, 3.05) is 37.4 Å². The van der Waals surface area contributed by atoms with E-state index in [4.69, 9.17) is 16.3 Å². The first-order chi connectivity index (χ1) is 13.3. The molecular weight excluding hydrogens is 402 g/mol. The van der Waals surface area contributed by atoms with Gasteiger partial charge in [-0.2, -0.15) is 4.31 Å². The van der Waals surface area contributed by atoms with Crippen LogP contribution in [0.5, 0.6) is 5.75 Å². The summed E-state index contributed by atoms with van der Waals surface area (Å²) in [6, 6.07) is 11.2. The third-order valence-corrected chi connectivity index (χ3v) is 6.45. The van der Waals surface area contributed by atoms with Gasteiger partial charge in [-0.25, -0.2) is 8.42 Å². The third-order valence-electron chi connectivity index (χ3n) is 4.09. The molecule has 2 N–H and O–H groups in total. The second kappa shape index (κ2) is 9.77. The van der Waals surface area contributed by atoms with Gasteiger partial charge in [-0.15, -0.1) is 0 Å². The molecule has 0 aliphatic rings. The fraction of sp³-hybridized carbons (Fsp3) is 0.316. The first-order valence-electron chi connectivity index (χ1n) is 8.79. The number of carbonyl (C=O) groups excluding carboxylic acids is 1. The summed E-state index contributed by atoms with van der Waals surface area (Å²) in [6.45, 7) is 4.41. The maximum Gasteiger partial charge on any atom is 0.243 e. The number of methoxy groups -OCH3 is 1. The average Bonchev–Trinajstić information content (AvgIpc) is 2.67. The Hall–Kier alpha value is -2.29. The average molecular weight is 426 g/mol. The molecule has 0 saturated carbocycles. The number of ether oxygens (including phenoxy) is 1. The zero-order valence-corrected chi connectivity index (χ0v) is 17.6. The van der Waals surface area contributed by atoms with Crippen LogP contribution < -0.4 is 15.4 Å². The number of sulfonamides is 1. The van der Waals surface area contributed by atoms with E-state index < -0.39 is 10.0 Å². The van der Waals surface area contributed by atoms with Crippen molar-refractivity contribution < 1.29 is 17.9 Å². The fourth-order valence-corrected chi connectivity index (χ4v) is 4.30. The Bertz CT molecular complexity index is 913. The molecule has 0 aromatic heterocycles. The lowest BCUT2D eigenvalue weighted by atomic mass is 10.3. The normalized spacial score (nSPS) is 11.3. The number of carbonyl (C=O) groups is 1. The Labute approximate surface area is 170 Å². The van der Waals surface area contributed by atoms with Crippen LogP contribution in [-0.4, -0.2) is 45.4 Å². The lowest BCUT2D eigenvalue weighted by Crippen LogP contribution is -2.30. The Balaban J connectivity index is 1.96. The molecule has 0 heterocycles. The predicted molar refractivity (Wildman–Crippen MR) is 112 cm³/mol. The maximum atomic E-state index is 12.5. The predicted octanol–water partition coefficient (Wildman–Crippen LogP) is 3.43. The minimum atomic E-state index is -3.52. The van der Waals surface area contributed by atoms with Crippen molar-refractivity contribution in [3.05, 3.63) is 47.5 Å². The molecule has 2 aromatic rings. The van der Waals surface area contributed by atoms with Crippen molar-refractivity contribution >= 4 is 38.9 Å². The highest BCUT2D eigenvalue weighted by Crippen LogP contribution is 2.27. The zero-order chi connectivity index (χ0) is 20.7. The van der Waals surface area contributed by atoms with Gasteiger partial charge in [-0.3, -0.25) is 4.79 Å². The molecule has 0 atom stereocenters. The van der Waals surface area contributed by atoms with E-state index in [0.717, 1.165) is 0 Å². The highest BCUT2D eigenvalue weighted by atomic mass is 35.5. The highest BCUT2D eigenvalue weighted by Gasteiger charge is 2.21. The summed E-state index contributed by atoms with van der Waals surface area (Å²) in [5.74, 6) is 0.280. The Morgan fingerprint density at radius 3 is 2.21 bits per heavy atom. The van der Waals surface area contributed by atoms with E-state index in [1.165, 1.54) is 23.5 Å². The summed E-state index contributed by atoms with van der Waals surface area (Å²) >= 11 is 6.05. The number of benzene rings is 2. The van der Waals surface area contributed by atoms with Gasteiger partial charge in [0.15, 0.2) is 0 Å². The Morgan fingerprint density at radius 2 is 1.68 bits per heavy atom. The summed E-state index contributed by atoms with van der Waals surface area (Å²) in [5, 5.41) is 6.13. The van der Waals surface area contributed by atoms with Crippen molar-refractivity contribution in [2.45, 2.75) is 18.7 Å². The largest absolute Gasteiger partial charge is 0.495 e. The van der Waals surface area contributed by atoms with Crippen LogP contribution in [0.15, 0.2) is 47.4 Å². The third kappa shape index (κ3) is 5.37. The molecule has 0 aliphatic carbocycles. The van der Waals surface area contributed by atoms with E-state index in [0.29, 0.717) is 35.2 Å². The molecule has 2 aromatic carbocycles. The van der Waals surface area contributed by atoms with Crippen molar-refractivity contribution in [1.29, 1.82) is 0 Å². The van der Waals surface area contributed by atoms with Gasteiger partial charge in [0.2, 0.25) is 15.9 Å². The lowest BCUT2D eigenvalue weighted by Gasteiger charge is -2.18. The number of hydrogen-bond acceptors (Lipinski definition) is 5. The number of hydrogen-bond donors (Lipinski definition) is 2. The highest BCUT2D eigenvalue weighted by molar-refractivity contribution is 7.89. The monoisotopic (exact) mass is 425 g/mol. The molecule has 28 heavy (non-hydrogen) atoms. The molecule has 0 unspecified atom stereocenters. The molecule has 0 saturated heterocycles. The maximum absolute atomic E-state index is 12.5. The fourth-order valence-electron chi connectivity index (χ4n) is 2.59. The first kappa shape index (κ1) is 22.0. The molecule has 1 amide bonds. The van der Waals surface area contributed by atoms with Gasteiger partial charge in [0.1, 0.15) is 5.75 Å². The second-order valence-corrected chi connectivity index (χ2v) is 8.21. The number of nitrogens with zero attached hydrogens (tertiary/aromatic N) is 1. The molecule has 2 rings (SSSR count). The molecule has 152 valence electrons. The van der Waals surface area contributed by atoms with Crippen LogP contribution in [0.25, 0.3) is 0 Å². The molecule has 9 heteroatoms. The van der Waals surface area contributed by atoms with Crippen LogP contribution in [0.2, 0.25) is 5.02 Å². The van der Waals surface area contributed by atoms with Crippen LogP contribution in [0, 0.1) is 0 Å². The van der Waals surface area contributed by atoms with Gasteiger partial charge in [0.05, 0.1) is 23.6 Å². The van der Waals surface area contributed by atoms with Crippen LogP contribution in [-0.2, 0) is 14.8 Å². The molecular formula is C19H24ClN3O4S. The number of halogens is 1. The lowest BCUT2D eigenvalue weighted by molar-refractivity contribution is -0.114. The molecule has 0 bridgehead atoms. The molecule has 0 spiro atoms. The second-order valence-electron chi connectivity index (χ2n) is 5.86.